The van der Waals surface area contributed by atoms with Gasteiger partial charge in [0.1, 0.15) is 5.75 Å². The van der Waals surface area contributed by atoms with Gasteiger partial charge in [0, 0.05) is 12.7 Å². The second kappa shape index (κ2) is 7.93. The Morgan fingerprint density at radius 1 is 1.25 bits per heavy atom. The number of nitrogens with zero attached hydrogens (tertiary/aromatic N) is 2. The molecule has 0 bridgehead atoms. The van der Waals surface area contributed by atoms with E-state index in [2.05, 4.69) is 4.98 Å². The minimum atomic E-state index is -0.499. The number of likely N-dealkylation sites (tertiary alicyclic amines) is 1. The van der Waals surface area contributed by atoms with Crippen LogP contribution in [0.25, 0.3) is 0 Å². The number of aliphatic hydroxyl groups excluding tert-OH is 1. The maximum atomic E-state index is 12.6. The molecule has 1 aromatic carbocycles. The number of pyridine rings is 1. The summed E-state index contributed by atoms with van der Waals surface area (Å²) in [6.07, 6.45) is 4.93. The van der Waals surface area contributed by atoms with E-state index in [1.54, 1.807) is 29.4 Å². The lowest BCUT2D eigenvalue weighted by Gasteiger charge is -2.39. The number of piperidine rings is 1. The highest BCUT2D eigenvalue weighted by atomic mass is 16.5. The average Bonchev–Trinajstić information content (AvgIpc) is 2.63. The lowest BCUT2D eigenvalue weighted by atomic mass is 9.93. The summed E-state index contributed by atoms with van der Waals surface area (Å²) in [7, 11) is 0. The van der Waals surface area contributed by atoms with Crippen LogP contribution in [0.4, 0.5) is 0 Å². The first-order valence-corrected chi connectivity index (χ1v) is 8.28. The van der Waals surface area contributed by atoms with Crippen molar-refractivity contribution < 1.29 is 14.6 Å². The van der Waals surface area contributed by atoms with E-state index in [-0.39, 0.29) is 18.6 Å². The number of benzene rings is 1. The third-order valence-electron chi connectivity index (χ3n) is 4.35. The Labute approximate surface area is 141 Å². The zero-order valence-electron chi connectivity index (χ0n) is 13.5. The molecule has 0 spiro atoms. The summed E-state index contributed by atoms with van der Waals surface area (Å²) in [4.78, 5) is 18.3. The summed E-state index contributed by atoms with van der Waals surface area (Å²) in [6.45, 7) is 0.619. The SMILES string of the molecule is O=C(COc1cccnc1)N1CCC[C@H](O)[C@@H]1Cc1ccccc1. The van der Waals surface area contributed by atoms with Gasteiger partial charge in [0.05, 0.1) is 18.3 Å². The minimum Gasteiger partial charge on any atom is -0.482 e. The molecule has 5 heteroatoms. The molecule has 126 valence electrons. The molecule has 2 heterocycles. The van der Waals surface area contributed by atoms with Gasteiger partial charge in [-0.25, -0.2) is 0 Å². The smallest absolute Gasteiger partial charge is 0.260 e. The van der Waals surface area contributed by atoms with Crippen LogP contribution < -0.4 is 4.74 Å². The number of carbonyl (C=O) groups is 1. The van der Waals surface area contributed by atoms with Gasteiger partial charge in [0.15, 0.2) is 6.61 Å². The summed E-state index contributed by atoms with van der Waals surface area (Å²) in [5.41, 5.74) is 1.12. The lowest BCUT2D eigenvalue weighted by molar-refractivity contribution is -0.140. The highest BCUT2D eigenvalue weighted by Crippen LogP contribution is 2.22. The molecule has 0 aliphatic carbocycles. The van der Waals surface area contributed by atoms with Crippen molar-refractivity contribution in [2.45, 2.75) is 31.4 Å². The Hall–Kier alpha value is -2.40. The van der Waals surface area contributed by atoms with Crippen molar-refractivity contribution in [2.75, 3.05) is 13.2 Å². The van der Waals surface area contributed by atoms with Crippen LogP contribution in [0.3, 0.4) is 0 Å². The molecule has 0 radical (unpaired) electrons. The van der Waals surface area contributed by atoms with E-state index in [0.717, 1.165) is 18.4 Å². The highest BCUT2D eigenvalue weighted by molar-refractivity contribution is 5.78. The van der Waals surface area contributed by atoms with Gasteiger partial charge in [0.25, 0.3) is 5.91 Å². The van der Waals surface area contributed by atoms with E-state index < -0.39 is 6.10 Å². The van der Waals surface area contributed by atoms with Gasteiger partial charge >= 0.3 is 0 Å². The molecular formula is C19H22N2O3. The molecule has 1 N–H and O–H groups in total. The average molecular weight is 326 g/mol. The first-order valence-electron chi connectivity index (χ1n) is 8.28. The van der Waals surface area contributed by atoms with Crippen molar-refractivity contribution >= 4 is 5.91 Å². The normalized spacial score (nSPS) is 20.6. The topological polar surface area (TPSA) is 62.7 Å². The van der Waals surface area contributed by atoms with Crippen molar-refractivity contribution in [3.8, 4) is 5.75 Å². The number of hydrogen-bond donors (Lipinski definition) is 1. The Morgan fingerprint density at radius 2 is 2.08 bits per heavy atom. The first kappa shape index (κ1) is 16.5. The van der Waals surface area contributed by atoms with Crippen molar-refractivity contribution in [3.63, 3.8) is 0 Å². The second-order valence-corrected chi connectivity index (χ2v) is 6.03. The number of rotatable bonds is 5. The largest absolute Gasteiger partial charge is 0.482 e. The summed E-state index contributed by atoms with van der Waals surface area (Å²) in [5, 5.41) is 10.4. The van der Waals surface area contributed by atoms with Gasteiger partial charge in [0.2, 0.25) is 0 Å². The van der Waals surface area contributed by atoms with Crippen LogP contribution in [0.5, 0.6) is 5.75 Å². The highest BCUT2D eigenvalue weighted by Gasteiger charge is 2.33. The molecule has 0 saturated carbocycles. The molecule has 1 fully saturated rings. The molecule has 3 rings (SSSR count). The van der Waals surface area contributed by atoms with Gasteiger partial charge in [-0.15, -0.1) is 0 Å². The molecule has 1 saturated heterocycles. The summed E-state index contributed by atoms with van der Waals surface area (Å²) in [5.74, 6) is 0.474. The van der Waals surface area contributed by atoms with Crippen molar-refractivity contribution in [2.24, 2.45) is 0 Å². The summed E-state index contributed by atoms with van der Waals surface area (Å²) in [6, 6.07) is 13.3. The third kappa shape index (κ3) is 4.11. The van der Waals surface area contributed by atoms with E-state index >= 15 is 0 Å². The molecule has 24 heavy (non-hydrogen) atoms. The minimum absolute atomic E-state index is 0.0380. The quantitative estimate of drug-likeness (QED) is 0.913. The van der Waals surface area contributed by atoms with Crippen LogP contribution in [0.15, 0.2) is 54.9 Å². The Kier molecular flexibility index (Phi) is 5.43. The van der Waals surface area contributed by atoms with Crippen molar-refractivity contribution in [1.82, 2.24) is 9.88 Å². The summed E-state index contributed by atoms with van der Waals surface area (Å²) < 4.78 is 5.52. The monoisotopic (exact) mass is 326 g/mol. The van der Waals surface area contributed by atoms with E-state index in [9.17, 15) is 9.90 Å². The summed E-state index contributed by atoms with van der Waals surface area (Å²) >= 11 is 0. The predicted molar refractivity (Wildman–Crippen MR) is 90.6 cm³/mol. The van der Waals surface area contributed by atoms with Gasteiger partial charge < -0.3 is 14.7 Å². The molecule has 1 amide bonds. The second-order valence-electron chi connectivity index (χ2n) is 6.03. The first-order chi connectivity index (χ1) is 11.7. The van der Waals surface area contributed by atoms with Crippen LogP contribution in [0.1, 0.15) is 18.4 Å². The maximum Gasteiger partial charge on any atom is 0.260 e. The number of aromatic nitrogens is 1. The lowest BCUT2D eigenvalue weighted by Crippen LogP contribution is -2.53. The third-order valence-corrected chi connectivity index (χ3v) is 4.35. The molecule has 0 unspecified atom stereocenters. The molecule has 1 aromatic heterocycles. The molecule has 2 atom stereocenters. The fraction of sp³-hybridized carbons (Fsp3) is 0.368. The van der Waals surface area contributed by atoms with Crippen molar-refractivity contribution in [3.05, 3.63) is 60.4 Å². The van der Waals surface area contributed by atoms with Gasteiger partial charge in [-0.2, -0.15) is 0 Å². The molecular weight excluding hydrogens is 304 g/mol. The predicted octanol–water partition coefficient (Wildman–Crippen LogP) is 2.05. The van der Waals surface area contributed by atoms with Crippen LogP contribution in [-0.4, -0.2) is 46.2 Å². The van der Waals surface area contributed by atoms with Gasteiger partial charge in [-0.1, -0.05) is 30.3 Å². The molecule has 1 aliphatic rings. The zero-order chi connectivity index (χ0) is 16.8. The van der Waals surface area contributed by atoms with E-state index in [1.807, 2.05) is 30.3 Å². The van der Waals surface area contributed by atoms with Crippen LogP contribution >= 0.6 is 0 Å². The number of aliphatic hydroxyl groups is 1. The Balaban J connectivity index is 1.65. The zero-order valence-corrected chi connectivity index (χ0v) is 13.5. The van der Waals surface area contributed by atoms with Crippen molar-refractivity contribution in [1.29, 1.82) is 0 Å². The van der Waals surface area contributed by atoms with E-state index in [4.69, 9.17) is 4.74 Å². The number of ether oxygens (including phenoxy) is 1. The molecule has 5 nitrogen and oxygen atoms in total. The van der Waals surface area contributed by atoms with Crippen LogP contribution in [0.2, 0.25) is 0 Å². The van der Waals surface area contributed by atoms with Crippen LogP contribution in [0, 0.1) is 0 Å². The fourth-order valence-electron chi connectivity index (χ4n) is 3.11. The van der Waals surface area contributed by atoms with E-state index in [1.165, 1.54) is 0 Å². The van der Waals surface area contributed by atoms with Gasteiger partial charge in [-0.3, -0.25) is 9.78 Å². The maximum absolute atomic E-state index is 12.6. The molecule has 2 aromatic rings. The van der Waals surface area contributed by atoms with E-state index in [0.29, 0.717) is 18.7 Å². The van der Waals surface area contributed by atoms with Crippen LogP contribution in [-0.2, 0) is 11.2 Å². The molecule has 1 aliphatic heterocycles. The Morgan fingerprint density at radius 3 is 2.83 bits per heavy atom. The number of carbonyl (C=O) groups excluding carboxylic acids is 1. The van der Waals surface area contributed by atoms with Gasteiger partial charge in [-0.05, 0) is 37.0 Å². The Bertz CT molecular complexity index is 648. The number of amides is 1. The standard InChI is InChI=1S/C19H22N2O3/c22-18-9-5-11-21(17(18)12-15-6-2-1-3-7-15)19(23)14-24-16-8-4-10-20-13-16/h1-4,6-8,10,13,17-18,22H,5,9,11-12,14H2/t17-,18-/m0/s1. The fourth-order valence-corrected chi connectivity index (χ4v) is 3.11. The number of hydrogen-bond acceptors (Lipinski definition) is 4.